The average molecular weight is 483 g/mol. The van der Waals surface area contributed by atoms with Crippen LogP contribution in [0.25, 0.3) is 16.8 Å². The number of methoxy groups -OCH3 is 1. The SMILES string of the molecule is COCCNC(=O)C(C)(Cc1ccccc1)c1ccnc2c(-c3ccc(C(F)(F)F)cc3)cnn12. The number of benzene rings is 2. The summed E-state index contributed by atoms with van der Waals surface area (Å²) in [7, 11) is 1.56. The van der Waals surface area contributed by atoms with E-state index in [9.17, 15) is 18.0 Å². The largest absolute Gasteiger partial charge is 0.416 e. The van der Waals surface area contributed by atoms with Gasteiger partial charge in [0.2, 0.25) is 5.91 Å². The summed E-state index contributed by atoms with van der Waals surface area (Å²) in [4.78, 5) is 17.9. The Bertz CT molecular complexity index is 1300. The topological polar surface area (TPSA) is 68.5 Å². The van der Waals surface area contributed by atoms with Crippen molar-refractivity contribution >= 4 is 11.6 Å². The summed E-state index contributed by atoms with van der Waals surface area (Å²) in [5.74, 6) is -0.197. The molecule has 1 atom stereocenters. The van der Waals surface area contributed by atoms with E-state index in [0.717, 1.165) is 17.7 Å². The first-order valence-corrected chi connectivity index (χ1v) is 11.1. The summed E-state index contributed by atoms with van der Waals surface area (Å²) in [5, 5.41) is 7.41. The summed E-state index contributed by atoms with van der Waals surface area (Å²) >= 11 is 0. The van der Waals surface area contributed by atoms with Gasteiger partial charge in [0.25, 0.3) is 0 Å². The number of aromatic nitrogens is 3. The Morgan fingerprint density at radius 2 is 1.77 bits per heavy atom. The van der Waals surface area contributed by atoms with Crippen LogP contribution in [0, 0.1) is 0 Å². The van der Waals surface area contributed by atoms with Crippen molar-refractivity contribution in [2.45, 2.75) is 24.9 Å². The molecule has 35 heavy (non-hydrogen) atoms. The first-order chi connectivity index (χ1) is 16.7. The van der Waals surface area contributed by atoms with Gasteiger partial charge in [-0.15, -0.1) is 0 Å². The number of carbonyl (C=O) groups excluding carboxylic acids is 1. The summed E-state index contributed by atoms with van der Waals surface area (Å²) in [6.07, 6.45) is -0.868. The monoisotopic (exact) mass is 482 g/mol. The molecule has 0 spiro atoms. The van der Waals surface area contributed by atoms with Gasteiger partial charge < -0.3 is 10.1 Å². The average Bonchev–Trinajstić information content (AvgIpc) is 3.28. The van der Waals surface area contributed by atoms with Gasteiger partial charge >= 0.3 is 6.18 Å². The van der Waals surface area contributed by atoms with E-state index in [1.807, 2.05) is 37.3 Å². The molecule has 0 saturated heterocycles. The lowest BCUT2D eigenvalue weighted by molar-refractivity contribution is -0.137. The molecule has 4 aromatic rings. The Morgan fingerprint density at radius 3 is 2.43 bits per heavy atom. The molecule has 1 unspecified atom stereocenters. The molecule has 1 N–H and O–H groups in total. The molecule has 2 aromatic heterocycles. The summed E-state index contributed by atoms with van der Waals surface area (Å²) in [5.41, 5.74) is 1.41. The summed E-state index contributed by atoms with van der Waals surface area (Å²) in [6, 6.07) is 16.3. The van der Waals surface area contributed by atoms with Crippen LogP contribution in [0.4, 0.5) is 13.2 Å². The van der Waals surface area contributed by atoms with Crippen LogP contribution in [-0.4, -0.2) is 40.8 Å². The number of fused-ring (bicyclic) bond motifs is 1. The molecule has 0 saturated carbocycles. The van der Waals surface area contributed by atoms with Crippen LogP contribution in [0.2, 0.25) is 0 Å². The highest BCUT2D eigenvalue weighted by Gasteiger charge is 2.38. The zero-order valence-electron chi connectivity index (χ0n) is 19.3. The minimum absolute atomic E-state index is 0.197. The van der Waals surface area contributed by atoms with Crippen molar-refractivity contribution in [1.29, 1.82) is 0 Å². The van der Waals surface area contributed by atoms with Gasteiger partial charge in [-0.25, -0.2) is 9.50 Å². The number of alkyl halides is 3. The fourth-order valence-corrected chi connectivity index (χ4v) is 4.10. The number of nitrogens with zero attached hydrogens (tertiary/aromatic N) is 3. The minimum Gasteiger partial charge on any atom is -0.383 e. The molecule has 0 bridgehead atoms. The van der Waals surface area contributed by atoms with Crippen LogP contribution in [0.5, 0.6) is 0 Å². The molecule has 1 amide bonds. The Kier molecular flexibility index (Phi) is 6.88. The molecule has 0 aliphatic carbocycles. The van der Waals surface area contributed by atoms with Crippen molar-refractivity contribution in [3.05, 3.63) is 89.9 Å². The van der Waals surface area contributed by atoms with Crippen molar-refractivity contribution < 1.29 is 22.7 Å². The third-order valence-electron chi connectivity index (χ3n) is 5.98. The number of ether oxygens (including phenoxy) is 1. The van der Waals surface area contributed by atoms with E-state index in [1.54, 1.807) is 30.1 Å². The predicted octanol–water partition coefficient (Wildman–Crippen LogP) is 4.68. The lowest BCUT2D eigenvalue weighted by atomic mass is 9.79. The van der Waals surface area contributed by atoms with Crippen molar-refractivity contribution in [1.82, 2.24) is 19.9 Å². The number of hydrogen-bond donors (Lipinski definition) is 1. The molecular formula is C26H25F3N4O2. The van der Waals surface area contributed by atoms with E-state index in [4.69, 9.17) is 4.74 Å². The first kappa shape index (κ1) is 24.4. The maximum absolute atomic E-state index is 13.5. The Hall–Kier alpha value is -3.72. The summed E-state index contributed by atoms with van der Waals surface area (Å²) in [6.45, 7) is 2.57. The zero-order valence-corrected chi connectivity index (χ0v) is 19.3. The van der Waals surface area contributed by atoms with Crippen molar-refractivity contribution in [3.8, 4) is 11.1 Å². The zero-order chi connectivity index (χ0) is 25.1. The molecule has 9 heteroatoms. The molecule has 4 rings (SSSR count). The Labute approximate surface area is 200 Å². The third-order valence-corrected chi connectivity index (χ3v) is 5.98. The number of rotatable bonds is 8. The molecule has 182 valence electrons. The lowest BCUT2D eigenvalue weighted by Crippen LogP contribution is -2.46. The number of halogens is 3. The maximum Gasteiger partial charge on any atom is 0.416 e. The number of carbonyl (C=O) groups is 1. The second-order valence-corrected chi connectivity index (χ2v) is 8.44. The number of hydrogen-bond acceptors (Lipinski definition) is 4. The van der Waals surface area contributed by atoms with Gasteiger partial charge in [-0.05, 0) is 42.7 Å². The van der Waals surface area contributed by atoms with Gasteiger partial charge in [0.05, 0.1) is 29.5 Å². The highest BCUT2D eigenvalue weighted by Crippen LogP contribution is 2.34. The molecule has 0 fully saturated rings. The summed E-state index contributed by atoms with van der Waals surface area (Å²) < 4.78 is 45.6. The molecule has 2 heterocycles. The Balaban J connectivity index is 1.78. The number of nitrogens with one attached hydrogen (secondary N) is 1. The minimum atomic E-state index is -4.42. The maximum atomic E-state index is 13.5. The molecule has 0 radical (unpaired) electrons. The van der Waals surface area contributed by atoms with E-state index < -0.39 is 17.2 Å². The van der Waals surface area contributed by atoms with Crippen LogP contribution in [0.1, 0.15) is 23.7 Å². The molecular weight excluding hydrogens is 457 g/mol. The van der Waals surface area contributed by atoms with Crippen LogP contribution >= 0.6 is 0 Å². The highest BCUT2D eigenvalue weighted by molar-refractivity contribution is 5.88. The highest BCUT2D eigenvalue weighted by atomic mass is 19.4. The molecule has 2 aromatic carbocycles. The van der Waals surface area contributed by atoms with E-state index in [2.05, 4.69) is 15.4 Å². The molecule has 6 nitrogen and oxygen atoms in total. The van der Waals surface area contributed by atoms with Gasteiger partial charge in [0.15, 0.2) is 5.65 Å². The quantitative estimate of drug-likeness (QED) is 0.371. The predicted molar refractivity (Wildman–Crippen MR) is 126 cm³/mol. The fraction of sp³-hybridized carbons (Fsp3) is 0.269. The van der Waals surface area contributed by atoms with Gasteiger partial charge in [0.1, 0.15) is 0 Å². The Morgan fingerprint density at radius 1 is 1.06 bits per heavy atom. The number of amides is 1. The van der Waals surface area contributed by atoms with Gasteiger partial charge in [-0.1, -0.05) is 42.5 Å². The van der Waals surface area contributed by atoms with Gasteiger partial charge in [0, 0.05) is 25.4 Å². The van der Waals surface area contributed by atoms with E-state index in [1.165, 1.54) is 12.1 Å². The van der Waals surface area contributed by atoms with Gasteiger partial charge in [-0.2, -0.15) is 18.3 Å². The molecule has 0 aliphatic heterocycles. The van der Waals surface area contributed by atoms with Crippen molar-refractivity contribution in [3.63, 3.8) is 0 Å². The second kappa shape index (κ2) is 9.87. The van der Waals surface area contributed by atoms with Gasteiger partial charge in [-0.3, -0.25) is 4.79 Å². The van der Waals surface area contributed by atoms with E-state index in [-0.39, 0.29) is 5.91 Å². The van der Waals surface area contributed by atoms with E-state index in [0.29, 0.717) is 42.0 Å². The standard InChI is InChI=1S/C26H25F3N4O2/c1-25(24(34)31-14-15-35-2,16-18-6-4-3-5-7-18)22-12-13-30-23-21(17-32-33(22)23)19-8-10-20(11-9-19)26(27,28)29/h3-13,17H,14-16H2,1-2H3,(H,31,34). The van der Waals surface area contributed by atoms with E-state index >= 15 is 0 Å². The van der Waals surface area contributed by atoms with Crippen LogP contribution in [0.3, 0.4) is 0 Å². The first-order valence-electron chi connectivity index (χ1n) is 11.1. The molecule has 0 aliphatic rings. The van der Waals surface area contributed by atoms with Crippen LogP contribution in [-0.2, 0) is 27.5 Å². The van der Waals surface area contributed by atoms with Crippen molar-refractivity contribution in [2.75, 3.05) is 20.3 Å². The lowest BCUT2D eigenvalue weighted by Gasteiger charge is -2.29. The normalized spacial score (nSPS) is 13.5. The van der Waals surface area contributed by atoms with Crippen LogP contribution < -0.4 is 5.32 Å². The third kappa shape index (κ3) is 5.05. The fourth-order valence-electron chi connectivity index (χ4n) is 4.10. The van der Waals surface area contributed by atoms with Crippen LogP contribution in [0.15, 0.2) is 73.1 Å². The smallest absolute Gasteiger partial charge is 0.383 e. The second-order valence-electron chi connectivity index (χ2n) is 8.44. The van der Waals surface area contributed by atoms with Crippen molar-refractivity contribution in [2.24, 2.45) is 0 Å².